The summed E-state index contributed by atoms with van der Waals surface area (Å²) >= 11 is 0. The molecule has 0 unspecified atom stereocenters. The predicted octanol–water partition coefficient (Wildman–Crippen LogP) is 1.70. The van der Waals surface area contributed by atoms with Crippen LogP contribution < -0.4 is 10.5 Å². The van der Waals surface area contributed by atoms with E-state index < -0.39 is 12.5 Å². The van der Waals surface area contributed by atoms with E-state index >= 15 is 0 Å². The van der Waals surface area contributed by atoms with E-state index in [0.717, 1.165) is 6.92 Å². The van der Waals surface area contributed by atoms with Crippen molar-refractivity contribution in [2.75, 3.05) is 12.3 Å². The molecule has 0 saturated heterocycles. The monoisotopic (exact) mass is 188 g/mol. The molecule has 1 rings (SSSR count). The van der Waals surface area contributed by atoms with Gasteiger partial charge in [0, 0.05) is 13.0 Å². The first-order valence-corrected chi connectivity index (χ1v) is 3.69. The minimum atomic E-state index is -2.84. The number of aromatic nitrogens is 1. The number of pyridine rings is 1. The third-order valence-electron chi connectivity index (χ3n) is 1.23. The van der Waals surface area contributed by atoms with Gasteiger partial charge < -0.3 is 10.5 Å². The van der Waals surface area contributed by atoms with Crippen molar-refractivity contribution in [3.63, 3.8) is 0 Å². The Morgan fingerprint density at radius 1 is 1.54 bits per heavy atom. The van der Waals surface area contributed by atoms with Gasteiger partial charge in [-0.05, 0) is 6.07 Å². The summed E-state index contributed by atoms with van der Waals surface area (Å²) in [5.41, 5.74) is 5.81. The van der Waals surface area contributed by atoms with Crippen LogP contribution in [0.5, 0.6) is 5.88 Å². The van der Waals surface area contributed by atoms with Crippen LogP contribution in [0.4, 0.5) is 14.5 Å². The average Bonchev–Trinajstić information content (AvgIpc) is 2.02. The van der Waals surface area contributed by atoms with Crippen LogP contribution in [0.1, 0.15) is 6.92 Å². The lowest BCUT2D eigenvalue weighted by Gasteiger charge is -2.10. The lowest BCUT2D eigenvalue weighted by Crippen LogP contribution is -2.21. The highest BCUT2D eigenvalue weighted by atomic mass is 19.3. The predicted molar refractivity (Wildman–Crippen MR) is 44.8 cm³/mol. The molecule has 1 heterocycles. The van der Waals surface area contributed by atoms with Gasteiger partial charge in [0.25, 0.3) is 5.92 Å². The first-order valence-electron chi connectivity index (χ1n) is 3.69. The van der Waals surface area contributed by atoms with E-state index in [1.165, 1.54) is 18.3 Å². The van der Waals surface area contributed by atoms with Gasteiger partial charge in [0.2, 0.25) is 5.88 Å². The van der Waals surface area contributed by atoms with Gasteiger partial charge in [0.05, 0.1) is 11.9 Å². The lowest BCUT2D eigenvalue weighted by atomic mass is 10.4. The van der Waals surface area contributed by atoms with Crippen LogP contribution in [-0.2, 0) is 0 Å². The molecule has 0 aliphatic rings. The molecule has 0 fully saturated rings. The van der Waals surface area contributed by atoms with Crippen LogP contribution in [0, 0.1) is 0 Å². The fourth-order valence-electron chi connectivity index (χ4n) is 0.678. The quantitative estimate of drug-likeness (QED) is 0.785. The number of hydrogen-bond acceptors (Lipinski definition) is 3. The largest absolute Gasteiger partial charge is 0.471 e. The van der Waals surface area contributed by atoms with E-state index in [2.05, 4.69) is 4.98 Å². The molecule has 3 nitrogen and oxygen atoms in total. The van der Waals surface area contributed by atoms with E-state index in [-0.39, 0.29) is 5.88 Å². The third-order valence-corrected chi connectivity index (χ3v) is 1.23. The minimum Gasteiger partial charge on any atom is -0.471 e. The first kappa shape index (κ1) is 9.70. The van der Waals surface area contributed by atoms with E-state index in [9.17, 15) is 8.78 Å². The topological polar surface area (TPSA) is 48.1 Å². The Morgan fingerprint density at radius 2 is 2.23 bits per heavy atom. The summed E-state index contributed by atoms with van der Waals surface area (Å²) in [6.45, 7) is 0.105. The summed E-state index contributed by atoms with van der Waals surface area (Å²) in [5.74, 6) is -2.70. The number of halogens is 2. The zero-order valence-electron chi connectivity index (χ0n) is 7.13. The molecule has 0 aliphatic heterocycles. The van der Waals surface area contributed by atoms with Crippen LogP contribution >= 0.6 is 0 Å². The molecule has 0 atom stereocenters. The van der Waals surface area contributed by atoms with Crippen LogP contribution in [0.15, 0.2) is 18.3 Å². The number of rotatable bonds is 3. The third kappa shape index (κ3) is 3.68. The molecule has 1 aromatic rings. The average molecular weight is 188 g/mol. The zero-order chi connectivity index (χ0) is 9.90. The molecule has 0 aromatic carbocycles. The van der Waals surface area contributed by atoms with Crippen molar-refractivity contribution in [2.24, 2.45) is 0 Å². The Balaban J connectivity index is 2.51. The second-order valence-electron chi connectivity index (χ2n) is 2.79. The molecular formula is C8H10F2N2O. The van der Waals surface area contributed by atoms with Crippen molar-refractivity contribution in [1.82, 2.24) is 4.98 Å². The molecule has 0 spiro atoms. The van der Waals surface area contributed by atoms with Crippen LogP contribution in [-0.4, -0.2) is 17.5 Å². The Morgan fingerprint density at radius 3 is 2.69 bits per heavy atom. The van der Waals surface area contributed by atoms with Crippen LogP contribution in [0.2, 0.25) is 0 Å². The van der Waals surface area contributed by atoms with E-state index in [0.29, 0.717) is 5.69 Å². The summed E-state index contributed by atoms with van der Waals surface area (Å²) in [6, 6.07) is 2.98. The van der Waals surface area contributed by atoms with Crippen molar-refractivity contribution in [3.05, 3.63) is 18.3 Å². The highest BCUT2D eigenvalue weighted by Gasteiger charge is 2.22. The van der Waals surface area contributed by atoms with Crippen molar-refractivity contribution in [2.45, 2.75) is 12.8 Å². The van der Waals surface area contributed by atoms with Gasteiger partial charge >= 0.3 is 0 Å². The molecular weight excluding hydrogens is 178 g/mol. The van der Waals surface area contributed by atoms with Gasteiger partial charge in [0.1, 0.15) is 0 Å². The highest BCUT2D eigenvalue weighted by Crippen LogP contribution is 2.15. The molecule has 5 heteroatoms. The number of nitrogens with two attached hydrogens (primary N) is 1. The molecule has 0 aliphatic carbocycles. The second-order valence-corrected chi connectivity index (χ2v) is 2.79. The van der Waals surface area contributed by atoms with Gasteiger partial charge in [-0.2, -0.15) is 0 Å². The fraction of sp³-hybridized carbons (Fsp3) is 0.375. The molecule has 0 bridgehead atoms. The van der Waals surface area contributed by atoms with Crippen LogP contribution in [0.3, 0.4) is 0 Å². The van der Waals surface area contributed by atoms with Crippen molar-refractivity contribution in [1.29, 1.82) is 0 Å². The van der Waals surface area contributed by atoms with Crippen molar-refractivity contribution in [3.8, 4) is 5.88 Å². The summed E-state index contributed by atoms with van der Waals surface area (Å²) in [7, 11) is 0. The Bertz CT molecular complexity index is 268. The first-order chi connectivity index (χ1) is 5.97. The van der Waals surface area contributed by atoms with Crippen molar-refractivity contribution >= 4 is 5.69 Å². The number of ether oxygens (including phenoxy) is 1. The molecule has 72 valence electrons. The van der Waals surface area contributed by atoms with E-state index in [1.54, 1.807) is 0 Å². The summed E-state index contributed by atoms with van der Waals surface area (Å²) in [5, 5.41) is 0. The van der Waals surface area contributed by atoms with Gasteiger partial charge in [-0.1, -0.05) is 0 Å². The number of nitrogens with zero attached hydrogens (tertiary/aromatic N) is 1. The molecule has 0 amide bonds. The van der Waals surface area contributed by atoms with Gasteiger partial charge in [0.15, 0.2) is 6.61 Å². The van der Waals surface area contributed by atoms with E-state index in [1.807, 2.05) is 0 Å². The van der Waals surface area contributed by atoms with Gasteiger partial charge in [-0.15, -0.1) is 0 Å². The van der Waals surface area contributed by atoms with Crippen LogP contribution in [0.25, 0.3) is 0 Å². The van der Waals surface area contributed by atoms with Gasteiger partial charge in [-0.3, -0.25) is 0 Å². The number of alkyl halides is 2. The van der Waals surface area contributed by atoms with Gasteiger partial charge in [-0.25, -0.2) is 13.8 Å². The summed E-state index contributed by atoms with van der Waals surface area (Å²) in [4.78, 5) is 3.70. The smallest absolute Gasteiger partial charge is 0.278 e. The maximum atomic E-state index is 12.3. The maximum absolute atomic E-state index is 12.3. The SMILES string of the molecule is CC(F)(F)COc1ccc(N)cn1. The Hall–Kier alpha value is -1.39. The second kappa shape index (κ2) is 3.55. The molecule has 0 saturated carbocycles. The Labute approximate surface area is 74.5 Å². The molecule has 13 heavy (non-hydrogen) atoms. The standard InChI is InChI=1S/C8H10F2N2O/c1-8(9,10)5-13-7-3-2-6(11)4-12-7/h2-4H,5,11H2,1H3. The molecule has 1 aromatic heterocycles. The molecule has 0 radical (unpaired) electrons. The summed E-state index contributed by atoms with van der Waals surface area (Å²) in [6.07, 6.45) is 1.35. The normalized spacial score (nSPS) is 11.3. The molecule has 2 N–H and O–H groups in total. The minimum absolute atomic E-state index is 0.149. The number of nitrogen functional groups attached to an aromatic ring is 1. The lowest BCUT2D eigenvalue weighted by molar-refractivity contribution is -0.0242. The summed E-state index contributed by atoms with van der Waals surface area (Å²) < 4.78 is 29.3. The fourth-order valence-corrected chi connectivity index (χ4v) is 0.678. The number of hydrogen-bond donors (Lipinski definition) is 1. The van der Waals surface area contributed by atoms with Crippen molar-refractivity contribution < 1.29 is 13.5 Å². The Kier molecular flexibility index (Phi) is 2.65. The zero-order valence-corrected chi connectivity index (χ0v) is 7.13. The maximum Gasteiger partial charge on any atom is 0.278 e. The van der Waals surface area contributed by atoms with E-state index in [4.69, 9.17) is 10.5 Å². The highest BCUT2D eigenvalue weighted by molar-refractivity contribution is 5.35. The number of anilines is 1.